The summed E-state index contributed by atoms with van der Waals surface area (Å²) in [6, 6.07) is 3.97. The minimum atomic E-state index is -1.07. The molecule has 1 rings (SSSR count). The Balaban J connectivity index is 2.72. The molecule has 1 amide bonds. The predicted molar refractivity (Wildman–Crippen MR) is 83.6 cm³/mol. The van der Waals surface area contributed by atoms with E-state index in [1.54, 1.807) is 39.0 Å². The third kappa shape index (κ3) is 5.21. The first kappa shape index (κ1) is 17.8. The second-order valence-electron chi connectivity index (χ2n) is 4.90. The van der Waals surface area contributed by atoms with E-state index in [1.807, 2.05) is 0 Å². The van der Waals surface area contributed by atoms with Gasteiger partial charge in [0, 0.05) is 5.02 Å². The minimum Gasteiger partial charge on any atom is -0.480 e. The minimum absolute atomic E-state index is 0.221. The number of benzene rings is 1. The van der Waals surface area contributed by atoms with Gasteiger partial charge in [-0.1, -0.05) is 25.4 Å². The van der Waals surface area contributed by atoms with E-state index >= 15 is 0 Å². The lowest BCUT2D eigenvalue weighted by molar-refractivity contribution is -0.144. The van der Waals surface area contributed by atoms with Crippen LogP contribution in [0.15, 0.2) is 22.7 Å². The Bertz CT molecular complexity index is 536. The fraction of sp³-hybridized carbons (Fsp3) is 0.429. The number of carboxylic acids is 1. The molecule has 0 saturated carbocycles. The van der Waals surface area contributed by atoms with Crippen molar-refractivity contribution in [1.29, 1.82) is 0 Å². The lowest BCUT2D eigenvalue weighted by Gasteiger charge is -2.21. The summed E-state index contributed by atoms with van der Waals surface area (Å²) in [6.07, 6.45) is -0.830. The van der Waals surface area contributed by atoms with Crippen LogP contribution in [0.2, 0.25) is 5.02 Å². The van der Waals surface area contributed by atoms with Crippen molar-refractivity contribution in [2.24, 2.45) is 5.92 Å². The standard InChI is InChI=1S/C14H17BrClNO4/c1-7(2)12(14(19)20)17-13(18)8(3)21-11-5-4-9(16)6-10(11)15/h4-8,12H,1-3H3,(H,17,18)(H,19,20)/t8?,12-/m1/s1. The van der Waals surface area contributed by atoms with Crippen LogP contribution in [0.3, 0.4) is 0 Å². The first-order chi connectivity index (χ1) is 9.72. The summed E-state index contributed by atoms with van der Waals surface area (Å²) in [4.78, 5) is 23.1. The van der Waals surface area contributed by atoms with Crippen molar-refractivity contribution >= 4 is 39.4 Å². The summed E-state index contributed by atoms with van der Waals surface area (Å²) in [5.41, 5.74) is 0. The number of nitrogens with one attached hydrogen (secondary N) is 1. The van der Waals surface area contributed by atoms with Crippen LogP contribution in [-0.2, 0) is 9.59 Å². The van der Waals surface area contributed by atoms with Gasteiger partial charge in [0.25, 0.3) is 5.91 Å². The summed E-state index contributed by atoms with van der Waals surface area (Å²) in [7, 11) is 0. The molecule has 0 aliphatic heterocycles. The number of aliphatic carboxylic acids is 1. The molecule has 5 nitrogen and oxygen atoms in total. The first-order valence-corrected chi connectivity index (χ1v) is 7.54. The topological polar surface area (TPSA) is 75.6 Å². The molecule has 0 radical (unpaired) electrons. The van der Waals surface area contributed by atoms with Gasteiger partial charge >= 0.3 is 5.97 Å². The Labute approximate surface area is 136 Å². The van der Waals surface area contributed by atoms with Gasteiger partial charge in [-0.2, -0.15) is 0 Å². The smallest absolute Gasteiger partial charge is 0.326 e. The second-order valence-corrected chi connectivity index (χ2v) is 6.19. The lowest BCUT2D eigenvalue weighted by Crippen LogP contribution is -2.48. The number of ether oxygens (including phenoxy) is 1. The molecule has 0 saturated heterocycles. The fourth-order valence-electron chi connectivity index (χ4n) is 1.60. The van der Waals surface area contributed by atoms with Gasteiger partial charge in [0.1, 0.15) is 11.8 Å². The summed E-state index contributed by atoms with van der Waals surface area (Å²) < 4.78 is 6.13. The molecule has 7 heteroatoms. The Morgan fingerprint density at radius 2 is 1.95 bits per heavy atom. The van der Waals surface area contributed by atoms with E-state index in [0.717, 1.165) is 0 Å². The molecule has 0 aliphatic rings. The molecule has 1 aromatic carbocycles. The molecule has 0 aromatic heterocycles. The fourth-order valence-corrected chi connectivity index (χ4v) is 2.38. The van der Waals surface area contributed by atoms with Gasteiger partial charge in [0.05, 0.1) is 4.47 Å². The van der Waals surface area contributed by atoms with Gasteiger partial charge in [0.2, 0.25) is 0 Å². The van der Waals surface area contributed by atoms with Gasteiger partial charge in [0.15, 0.2) is 6.10 Å². The third-order valence-electron chi connectivity index (χ3n) is 2.80. The molecule has 0 fully saturated rings. The quantitative estimate of drug-likeness (QED) is 0.797. The molecule has 21 heavy (non-hydrogen) atoms. The van der Waals surface area contributed by atoms with Crippen molar-refractivity contribution in [2.45, 2.75) is 32.9 Å². The normalized spacial score (nSPS) is 13.6. The maximum atomic E-state index is 12.0. The molecule has 2 atom stereocenters. The van der Waals surface area contributed by atoms with Crippen molar-refractivity contribution in [3.05, 3.63) is 27.7 Å². The van der Waals surface area contributed by atoms with Gasteiger partial charge in [-0.3, -0.25) is 4.79 Å². The van der Waals surface area contributed by atoms with E-state index in [2.05, 4.69) is 21.2 Å². The highest BCUT2D eigenvalue weighted by atomic mass is 79.9. The van der Waals surface area contributed by atoms with Crippen LogP contribution in [0.4, 0.5) is 0 Å². The van der Waals surface area contributed by atoms with E-state index < -0.39 is 24.0 Å². The highest BCUT2D eigenvalue weighted by Crippen LogP contribution is 2.28. The number of hydrogen-bond donors (Lipinski definition) is 2. The van der Waals surface area contributed by atoms with E-state index in [9.17, 15) is 9.59 Å². The van der Waals surface area contributed by atoms with Crippen LogP contribution < -0.4 is 10.1 Å². The Kier molecular flexibility index (Phi) is 6.48. The molecule has 0 heterocycles. The maximum absolute atomic E-state index is 12.0. The molecule has 0 spiro atoms. The van der Waals surface area contributed by atoms with E-state index in [1.165, 1.54) is 0 Å². The van der Waals surface area contributed by atoms with Crippen molar-refractivity contribution in [3.8, 4) is 5.75 Å². The number of halogens is 2. The molecule has 1 aromatic rings. The van der Waals surface area contributed by atoms with Crippen LogP contribution >= 0.6 is 27.5 Å². The van der Waals surface area contributed by atoms with Gasteiger partial charge < -0.3 is 15.2 Å². The first-order valence-electron chi connectivity index (χ1n) is 6.37. The summed E-state index contributed by atoms with van der Waals surface area (Å²) >= 11 is 9.11. The number of hydrogen-bond acceptors (Lipinski definition) is 3. The number of carbonyl (C=O) groups is 2. The van der Waals surface area contributed by atoms with Crippen LogP contribution in [0.5, 0.6) is 5.75 Å². The predicted octanol–water partition coefficient (Wildman–Crippen LogP) is 3.10. The van der Waals surface area contributed by atoms with Crippen LogP contribution in [0.25, 0.3) is 0 Å². The number of rotatable bonds is 6. The van der Waals surface area contributed by atoms with Crippen LogP contribution in [0, 0.1) is 5.92 Å². The highest BCUT2D eigenvalue weighted by Gasteiger charge is 2.26. The van der Waals surface area contributed by atoms with Crippen molar-refractivity contribution in [3.63, 3.8) is 0 Å². The van der Waals surface area contributed by atoms with Crippen LogP contribution in [0.1, 0.15) is 20.8 Å². The van der Waals surface area contributed by atoms with Gasteiger partial charge in [-0.15, -0.1) is 0 Å². The van der Waals surface area contributed by atoms with Crippen molar-refractivity contribution in [1.82, 2.24) is 5.32 Å². The average molecular weight is 379 g/mol. The molecule has 1 unspecified atom stereocenters. The largest absolute Gasteiger partial charge is 0.480 e. The van der Waals surface area contributed by atoms with E-state index in [-0.39, 0.29) is 5.92 Å². The third-order valence-corrected chi connectivity index (χ3v) is 3.65. The zero-order chi connectivity index (χ0) is 16.2. The lowest BCUT2D eigenvalue weighted by atomic mass is 10.0. The van der Waals surface area contributed by atoms with Crippen LogP contribution in [-0.4, -0.2) is 29.1 Å². The Morgan fingerprint density at radius 3 is 2.43 bits per heavy atom. The van der Waals surface area contributed by atoms with E-state index in [4.69, 9.17) is 21.4 Å². The van der Waals surface area contributed by atoms with Crippen molar-refractivity contribution in [2.75, 3.05) is 0 Å². The van der Waals surface area contributed by atoms with Crippen molar-refractivity contribution < 1.29 is 19.4 Å². The van der Waals surface area contributed by atoms with E-state index in [0.29, 0.717) is 15.2 Å². The van der Waals surface area contributed by atoms with Gasteiger partial charge in [-0.05, 0) is 47.0 Å². The summed E-state index contributed by atoms with van der Waals surface area (Å²) in [6.45, 7) is 5.00. The Hall–Kier alpha value is -1.27. The summed E-state index contributed by atoms with van der Waals surface area (Å²) in [5.74, 6) is -1.32. The maximum Gasteiger partial charge on any atom is 0.326 e. The molecule has 0 bridgehead atoms. The molecule has 2 N–H and O–H groups in total. The molecular formula is C14H17BrClNO4. The molecule has 116 valence electrons. The number of carbonyl (C=O) groups excluding carboxylic acids is 1. The zero-order valence-corrected chi connectivity index (χ0v) is 14.2. The number of amides is 1. The Morgan fingerprint density at radius 1 is 1.33 bits per heavy atom. The highest BCUT2D eigenvalue weighted by molar-refractivity contribution is 9.10. The number of carboxylic acid groups (broad SMARTS) is 1. The average Bonchev–Trinajstić information content (AvgIpc) is 2.37. The molecule has 0 aliphatic carbocycles. The zero-order valence-electron chi connectivity index (χ0n) is 11.9. The second kappa shape index (κ2) is 7.66. The monoisotopic (exact) mass is 377 g/mol. The van der Waals surface area contributed by atoms with Gasteiger partial charge in [-0.25, -0.2) is 4.79 Å². The molecular weight excluding hydrogens is 362 g/mol. The SMILES string of the molecule is CC(Oc1ccc(Cl)cc1Br)C(=O)N[C@@H](C(=O)O)C(C)C. The summed E-state index contributed by atoms with van der Waals surface area (Å²) in [5, 5.41) is 12.1.